The third kappa shape index (κ3) is 5.96. The number of hydrogen-bond donors (Lipinski definition) is 1. The minimum absolute atomic E-state index is 0.00653. The van der Waals surface area contributed by atoms with E-state index in [1.54, 1.807) is 4.90 Å². The van der Waals surface area contributed by atoms with Gasteiger partial charge in [0.05, 0.1) is 0 Å². The lowest BCUT2D eigenvalue weighted by Gasteiger charge is -2.31. The zero-order valence-electron chi connectivity index (χ0n) is 18.9. The number of benzene rings is 2. The normalized spacial score (nSPS) is 14.3. The van der Waals surface area contributed by atoms with E-state index in [4.69, 9.17) is 4.74 Å². The Morgan fingerprint density at radius 3 is 2.42 bits per heavy atom. The Kier molecular flexibility index (Phi) is 7.34. The van der Waals surface area contributed by atoms with Crippen molar-refractivity contribution in [3.8, 4) is 16.3 Å². The Morgan fingerprint density at radius 2 is 1.76 bits per heavy atom. The monoisotopic (exact) mass is 464 g/mol. The summed E-state index contributed by atoms with van der Waals surface area (Å²) in [6.45, 7) is 5.41. The van der Waals surface area contributed by atoms with Gasteiger partial charge in [0.15, 0.2) is 6.61 Å². The number of nitrogens with one attached hydrogen (secondary N) is 1. The summed E-state index contributed by atoms with van der Waals surface area (Å²) in [5.74, 6) is 0.867. The molecule has 2 heterocycles. The highest BCUT2D eigenvalue weighted by Crippen LogP contribution is 2.28. The molecule has 0 bridgehead atoms. The van der Waals surface area contributed by atoms with E-state index in [2.05, 4.69) is 41.5 Å². The SMILES string of the molecule is CC(C)c1ccc(-c2nnc(NC(=O)C3CCN(C(=O)COc4ccccc4)CC3)s2)cc1. The molecule has 3 aromatic rings. The van der Waals surface area contributed by atoms with Crippen molar-refractivity contribution in [1.29, 1.82) is 0 Å². The second-order valence-electron chi connectivity index (χ2n) is 8.44. The van der Waals surface area contributed by atoms with Crippen LogP contribution in [-0.4, -0.2) is 46.6 Å². The topological polar surface area (TPSA) is 84.4 Å². The maximum absolute atomic E-state index is 12.7. The van der Waals surface area contributed by atoms with Gasteiger partial charge in [-0.05, 0) is 36.5 Å². The highest BCUT2D eigenvalue weighted by atomic mass is 32.1. The number of carbonyl (C=O) groups excluding carboxylic acids is 2. The Balaban J connectivity index is 1.25. The average Bonchev–Trinajstić information content (AvgIpc) is 3.31. The minimum atomic E-state index is -0.151. The summed E-state index contributed by atoms with van der Waals surface area (Å²) in [4.78, 5) is 26.9. The largest absolute Gasteiger partial charge is 0.484 e. The van der Waals surface area contributed by atoms with Gasteiger partial charge >= 0.3 is 0 Å². The Bertz CT molecular complexity index is 1070. The van der Waals surface area contributed by atoms with E-state index in [1.165, 1.54) is 16.9 Å². The van der Waals surface area contributed by atoms with E-state index >= 15 is 0 Å². The number of anilines is 1. The molecule has 4 rings (SSSR count). The molecule has 1 N–H and O–H groups in total. The minimum Gasteiger partial charge on any atom is -0.484 e. The molecule has 2 aromatic carbocycles. The number of nitrogens with zero attached hydrogens (tertiary/aromatic N) is 3. The lowest BCUT2D eigenvalue weighted by atomic mass is 9.96. The van der Waals surface area contributed by atoms with Crippen molar-refractivity contribution in [3.05, 3.63) is 60.2 Å². The molecule has 0 radical (unpaired) electrons. The van der Waals surface area contributed by atoms with Crippen LogP contribution in [0.2, 0.25) is 0 Å². The lowest BCUT2D eigenvalue weighted by Crippen LogP contribution is -2.43. The highest BCUT2D eigenvalue weighted by Gasteiger charge is 2.28. The van der Waals surface area contributed by atoms with Crippen molar-refractivity contribution in [2.75, 3.05) is 25.0 Å². The van der Waals surface area contributed by atoms with Gasteiger partial charge in [0.2, 0.25) is 11.0 Å². The summed E-state index contributed by atoms with van der Waals surface area (Å²) in [5.41, 5.74) is 2.26. The van der Waals surface area contributed by atoms with Gasteiger partial charge in [0, 0.05) is 24.6 Å². The van der Waals surface area contributed by atoms with E-state index in [-0.39, 0.29) is 24.3 Å². The van der Waals surface area contributed by atoms with Gasteiger partial charge in [-0.2, -0.15) is 0 Å². The molecule has 1 fully saturated rings. The van der Waals surface area contributed by atoms with Crippen LogP contribution >= 0.6 is 11.3 Å². The van der Waals surface area contributed by atoms with Crippen LogP contribution < -0.4 is 10.1 Å². The number of amides is 2. The molecule has 0 atom stereocenters. The maximum Gasteiger partial charge on any atom is 0.260 e. The van der Waals surface area contributed by atoms with Gasteiger partial charge in [-0.3, -0.25) is 9.59 Å². The highest BCUT2D eigenvalue weighted by molar-refractivity contribution is 7.18. The Morgan fingerprint density at radius 1 is 1.06 bits per heavy atom. The molecular weight excluding hydrogens is 436 g/mol. The van der Waals surface area contributed by atoms with E-state index in [0.29, 0.717) is 42.7 Å². The summed E-state index contributed by atoms with van der Waals surface area (Å²) < 4.78 is 5.55. The number of hydrogen-bond acceptors (Lipinski definition) is 6. The zero-order chi connectivity index (χ0) is 23.2. The van der Waals surface area contributed by atoms with Crippen molar-refractivity contribution in [3.63, 3.8) is 0 Å². The fraction of sp³-hybridized carbons (Fsp3) is 0.360. The number of ether oxygens (including phenoxy) is 1. The van der Waals surface area contributed by atoms with E-state index in [1.807, 2.05) is 42.5 Å². The quantitative estimate of drug-likeness (QED) is 0.553. The average molecular weight is 465 g/mol. The predicted molar refractivity (Wildman–Crippen MR) is 129 cm³/mol. The molecular formula is C25H28N4O3S. The van der Waals surface area contributed by atoms with Crippen LogP contribution in [0.3, 0.4) is 0 Å². The van der Waals surface area contributed by atoms with Crippen LogP contribution in [0.5, 0.6) is 5.75 Å². The van der Waals surface area contributed by atoms with Gasteiger partial charge in [-0.1, -0.05) is 67.6 Å². The zero-order valence-corrected chi connectivity index (χ0v) is 19.7. The molecule has 33 heavy (non-hydrogen) atoms. The van der Waals surface area contributed by atoms with Crippen molar-refractivity contribution < 1.29 is 14.3 Å². The molecule has 0 spiro atoms. The molecule has 1 aliphatic heterocycles. The maximum atomic E-state index is 12.7. The van der Waals surface area contributed by atoms with Crippen LogP contribution in [0, 0.1) is 5.92 Å². The van der Waals surface area contributed by atoms with Crippen molar-refractivity contribution >= 4 is 28.3 Å². The fourth-order valence-electron chi connectivity index (χ4n) is 3.75. The molecule has 0 saturated carbocycles. The Hall–Kier alpha value is -3.26. The third-order valence-corrected chi connectivity index (χ3v) is 6.69. The van der Waals surface area contributed by atoms with Gasteiger partial charge in [-0.15, -0.1) is 10.2 Å². The number of piperidine rings is 1. The molecule has 1 aliphatic rings. The van der Waals surface area contributed by atoms with E-state index in [0.717, 1.165) is 10.6 Å². The molecule has 7 nitrogen and oxygen atoms in total. The van der Waals surface area contributed by atoms with E-state index in [9.17, 15) is 9.59 Å². The predicted octanol–water partition coefficient (Wildman–Crippen LogP) is 4.58. The number of aromatic nitrogens is 2. The standard InChI is InChI=1S/C25H28N4O3S/c1-17(2)18-8-10-20(11-9-18)24-27-28-25(33-24)26-23(31)19-12-14-29(15-13-19)22(30)16-32-21-6-4-3-5-7-21/h3-11,17,19H,12-16H2,1-2H3,(H,26,28,31). The summed E-state index contributed by atoms with van der Waals surface area (Å²) in [6.07, 6.45) is 1.23. The summed E-state index contributed by atoms with van der Waals surface area (Å²) in [7, 11) is 0. The second kappa shape index (κ2) is 10.6. The first-order chi connectivity index (χ1) is 16.0. The van der Waals surface area contributed by atoms with Gasteiger partial charge in [0.25, 0.3) is 5.91 Å². The van der Waals surface area contributed by atoms with Crippen LogP contribution in [-0.2, 0) is 9.59 Å². The van der Waals surface area contributed by atoms with Crippen molar-refractivity contribution in [1.82, 2.24) is 15.1 Å². The number of rotatable bonds is 7. The third-order valence-electron chi connectivity index (χ3n) is 5.80. The molecule has 0 unspecified atom stereocenters. The summed E-state index contributed by atoms with van der Waals surface area (Å²) >= 11 is 1.37. The molecule has 0 aliphatic carbocycles. The van der Waals surface area contributed by atoms with E-state index < -0.39 is 0 Å². The van der Waals surface area contributed by atoms with Gasteiger partial charge < -0.3 is 15.0 Å². The second-order valence-corrected chi connectivity index (χ2v) is 9.41. The van der Waals surface area contributed by atoms with Crippen LogP contribution in [0.4, 0.5) is 5.13 Å². The summed E-state index contributed by atoms with van der Waals surface area (Å²) in [5, 5.41) is 12.5. The molecule has 1 aromatic heterocycles. The number of likely N-dealkylation sites (tertiary alicyclic amines) is 1. The van der Waals surface area contributed by atoms with Crippen LogP contribution in [0.1, 0.15) is 38.2 Å². The lowest BCUT2D eigenvalue weighted by molar-refractivity contribution is -0.136. The number of para-hydroxylation sites is 1. The molecule has 1 saturated heterocycles. The smallest absolute Gasteiger partial charge is 0.260 e. The molecule has 172 valence electrons. The van der Waals surface area contributed by atoms with Crippen LogP contribution in [0.25, 0.3) is 10.6 Å². The number of carbonyl (C=O) groups is 2. The van der Waals surface area contributed by atoms with Crippen LogP contribution in [0.15, 0.2) is 54.6 Å². The first-order valence-corrected chi connectivity index (χ1v) is 12.0. The first kappa shape index (κ1) is 22.9. The van der Waals surface area contributed by atoms with Gasteiger partial charge in [-0.25, -0.2) is 0 Å². The molecule has 8 heteroatoms. The molecule has 2 amide bonds. The first-order valence-electron chi connectivity index (χ1n) is 11.2. The van der Waals surface area contributed by atoms with Crippen molar-refractivity contribution in [2.24, 2.45) is 5.92 Å². The van der Waals surface area contributed by atoms with Crippen molar-refractivity contribution in [2.45, 2.75) is 32.6 Å². The van der Waals surface area contributed by atoms with Gasteiger partial charge in [0.1, 0.15) is 10.8 Å². The fourth-order valence-corrected chi connectivity index (χ4v) is 4.50. The Labute approximate surface area is 197 Å². The summed E-state index contributed by atoms with van der Waals surface area (Å²) in [6, 6.07) is 17.6.